The molecular formula is C22H28N2O4. The minimum atomic E-state index is -0.279. The highest BCUT2D eigenvalue weighted by Gasteiger charge is 2.08. The Bertz CT molecular complexity index is 913. The number of amides is 1. The minimum absolute atomic E-state index is 0.177. The summed E-state index contributed by atoms with van der Waals surface area (Å²) in [6.45, 7) is 8.62. The fourth-order valence-corrected chi connectivity index (χ4v) is 2.67. The number of carbonyl (C=O) groups excluding carboxylic acids is 1. The van der Waals surface area contributed by atoms with Gasteiger partial charge in [0.05, 0.1) is 13.7 Å². The van der Waals surface area contributed by atoms with E-state index in [0.717, 1.165) is 16.8 Å². The van der Waals surface area contributed by atoms with E-state index in [2.05, 4.69) is 24.1 Å². The number of aryl methyl sites for hydroxylation is 2. The topological polar surface area (TPSA) is 80.4 Å². The third-order valence-electron chi connectivity index (χ3n) is 4.12. The van der Waals surface area contributed by atoms with Crippen LogP contribution in [0.15, 0.2) is 35.1 Å². The monoisotopic (exact) mass is 384 g/mol. The zero-order chi connectivity index (χ0) is 20.7. The molecule has 28 heavy (non-hydrogen) atoms. The van der Waals surface area contributed by atoms with E-state index in [1.54, 1.807) is 13.2 Å². The lowest BCUT2D eigenvalue weighted by Gasteiger charge is -2.12. The standard InChI is InChI=1S/C22H28N2O4/c1-14(2)13-28-19-8-6-17(11-20(19)27-5)7-9-21(25)23-12-18-15(3)10-16(4)24-22(18)26/h6-11,14H,12-13H2,1-5H3,(H,23,25)(H,24,26)/b9-7+. The molecule has 0 aliphatic carbocycles. The van der Waals surface area contributed by atoms with Gasteiger partial charge in [-0.15, -0.1) is 0 Å². The van der Waals surface area contributed by atoms with Crippen LogP contribution in [-0.4, -0.2) is 24.6 Å². The van der Waals surface area contributed by atoms with Crippen molar-refractivity contribution in [3.8, 4) is 11.5 Å². The molecule has 0 aliphatic heterocycles. The molecule has 2 rings (SSSR count). The maximum Gasteiger partial charge on any atom is 0.253 e. The minimum Gasteiger partial charge on any atom is -0.493 e. The number of rotatable bonds is 8. The first-order chi connectivity index (χ1) is 13.3. The van der Waals surface area contributed by atoms with E-state index in [4.69, 9.17) is 9.47 Å². The Morgan fingerprint density at radius 2 is 1.96 bits per heavy atom. The molecule has 6 nitrogen and oxygen atoms in total. The van der Waals surface area contributed by atoms with Gasteiger partial charge in [0, 0.05) is 23.9 Å². The Hall–Kier alpha value is -3.02. The molecule has 1 aromatic heterocycles. The summed E-state index contributed by atoms with van der Waals surface area (Å²) < 4.78 is 11.1. The van der Waals surface area contributed by atoms with Crippen LogP contribution < -0.4 is 20.3 Å². The van der Waals surface area contributed by atoms with Gasteiger partial charge in [0.25, 0.3) is 5.56 Å². The van der Waals surface area contributed by atoms with Gasteiger partial charge in [0.2, 0.25) is 5.91 Å². The van der Waals surface area contributed by atoms with Gasteiger partial charge in [-0.2, -0.15) is 0 Å². The van der Waals surface area contributed by atoms with E-state index < -0.39 is 0 Å². The Morgan fingerprint density at radius 1 is 1.21 bits per heavy atom. The molecule has 1 heterocycles. The molecule has 0 aliphatic rings. The van der Waals surface area contributed by atoms with Crippen LogP contribution in [0, 0.1) is 19.8 Å². The lowest BCUT2D eigenvalue weighted by atomic mass is 10.1. The number of ether oxygens (including phenoxy) is 2. The average molecular weight is 384 g/mol. The molecule has 1 amide bonds. The lowest BCUT2D eigenvalue weighted by molar-refractivity contribution is -0.116. The molecule has 0 spiro atoms. The Kier molecular flexibility index (Phi) is 7.44. The molecule has 2 N–H and O–H groups in total. The molecule has 0 atom stereocenters. The van der Waals surface area contributed by atoms with Gasteiger partial charge < -0.3 is 19.8 Å². The first-order valence-electron chi connectivity index (χ1n) is 9.26. The second kappa shape index (κ2) is 9.78. The van der Waals surface area contributed by atoms with Crippen molar-refractivity contribution in [2.24, 2.45) is 5.92 Å². The molecule has 0 saturated heterocycles. The van der Waals surface area contributed by atoms with Gasteiger partial charge in [-0.1, -0.05) is 19.9 Å². The van der Waals surface area contributed by atoms with Crippen molar-refractivity contribution in [1.82, 2.24) is 10.3 Å². The van der Waals surface area contributed by atoms with Crippen molar-refractivity contribution >= 4 is 12.0 Å². The number of hydrogen-bond donors (Lipinski definition) is 2. The fourth-order valence-electron chi connectivity index (χ4n) is 2.67. The molecule has 1 aromatic carbocycles. The Labute approximate surface area is 165 Å². The molecule has 0 saturated carbocycles. The maximum atomic E-state index is 12.1. The van der Waals surface area contributed by atoms with E-state index >= 15 is 0 Å². The van der Waals surface area contributed by atoms with Gasteiger partial charge in [0.1, 0.15) is 0 Å². The number of pyridine rings is 1. The molecular weight excluding hydrogens is 356 g/mol. The van der Waals surface area contributed by atoms with Crippen molar-refractivity contribution in [2.45, 2.75) is 34.2 Å². The fraction of sp³-hybridized carbons (Fsp3) is 0.364. The predicted octanol–water partition coefficient (Wildman–Crippen LogP) is 3.36. The first kappa shape index (κ1) is 21.3. The van der Waals surface area contributed by atoms with Crippen molar-refractivity contribution in [1.29, 1.82) is 0 Å². The molecule has 150 valence electrons. The average Bonchev–Trinajstić information content (AvgIpc) is 2.63. The molecule has 6 heteroatoms. The number of aromatic amines is 1. The van der Waals surface area contributed by atoms with Crippen LogP contribution in [0.1, 0.15) is 36.2 Å². The second-order valence-electron chi connectivity index (χ2n) is 7.11. The van der Waals surface area contributed by atoms with Crippen molar-refractivity contribution in [2.75, 3.05) is 13.7 Å². The normalized spacial score (nSPS) is 11.1. The van der Waals surface area contributed by atoms with Gasteiger partial charge in [-0.25, -0.2) is 0 Å². The Morgan fingerprint density at radius 3 is 2.61 bits per heavy atom. The molecule has 0 radical (unpaired) electrons. The quantitative estimate of drug-likeness (QED) is 0.684. The smallest absolute Gasteiger partial charge is 0.253 e. The molecule has 2 aromatic rings. The van der Waals surface area contributed by atoms with Gasteiger partial charge in [-0.3, -0.25) is 9.59 Å². The van der Waals surface area contributed by atoms with E-state index in [-0.39, 0.29) is 18.0 Å². The predicted molar refractivity (Wildman–Crippen MR) is 111 cm³/mol. The molecule has 0 unspecified atom stereocenters. The van der Waals surface area contributed by atoms with E-state index in [1.165, 1.54) is 6.08 Å². The van der Waals surface area contributed by atoms with E-state index in [1.807, 2.05) is 38.1 Å². The molecule has 0 bridgehead atoms. The second-order valence-corrected chi connectivity index (χ2v) is 7.11. The number of methoxy groups -OCH3 is 1. The highest BCUT2D eigenvalue weighted by Crippen LogP contribution is 2.28. The maximum absolute atomic E-state index is 12.1. The van der Waals surface area contributed by atoms with Gasteiger partial charge >= 0.3 is 0 Å². The Balaban J connectivity index is 2.01. The summed E-state index contributed by atoms with van der Waals surface area (Å²) in [4.78, 5) is 26.9. The van der Waals surface area contributed by atoms with Crippen LogP contribution >= 0.6 is 0 Å². The SMILES string of the molecule is COc1cc(/C=C/C(=O)NCc2c(C)cc(C)[nH]c2=O)ccc1OCC(C)C. The number of benzene rings is 1. The number of carbonyl (C=O) groups is 1. The third kappa shape index (κ3) is 6.01. The third-order valence-corrected chi connectivity index (χ3v) is 4.12. The summed E-state index contributed by atoms with van der Waals surface area (Å²) in [6, 6.07) is 7.38. The van der Waals surface area contributed by atoms with E-state index in [0.29, 0.717) is 29.6 Å². The zero-order valence-corrected chi connectivity index (χ0v) is 17.1. The van der Waals surface area contributed by atoms with Crippen molar-refractivity contribution in [3.63, 3.8) is 0 Å². The van der Waals surface area contributed by atoms with Crippen LogP contribution in [0.25, 0.3) is 6.08 Å². The summed E-state index contributed by atoms with van der Waals surface area (Å²) in [7, 11) is 1.58. The lowest BCUT2D eigenvalue weighted by Crippen LogP contribution is -2.26. The number of aromatic nitrogens is 1. The number of nitrogens with one attached hydrogen (secondary N) is 2. The highest BCUT2D eigenvalue weighted by atomic mass is 16.5. The first-order valence-corrected chi connectivity index (χ1v) is 9.26. The summed E-state index contributed by atoms with van der Waals surface area (Å²) in [6.07, 6.45) is 3.12. The van der Waals surface area contributed by atoms with Gasteiger partial charge in [-0.05, 0) is 55.2 Å². The highest BCUT2D eigenvalue weighted by molar-refractivity contribution is 5.91. The summed E-state index contributed by atoms with van der Waals surface area (Å²) in [5, 5.41) is 2.74. The van der Waals surface area contributed by atoms with Crippen LogP contribution in [0.3, 0.4) is 0 Å². The summed E-state index contributed by atoms with van der Waals surface area (Å²) in [5.41, 5.74) is 2.84. The largest absolute Gasteiger partial charge is 0.493 e. The van der Waals surface area contributed by atoms with Crippen LogP contribution in [0.2, 0.25) is 0 Å². The zero-order valence-electron chi connectivity index (χ0n) is 17.1. The molecule has 0 fully saturated rings. The number of hydrogen-bond acceptors (Lipinski definition) is 4. The van der Waals surface area contributed by atoms with E-state index in [9.17, 15) is 9.59 Å². The van der Waals surface area contributed by atoms with Gasteiger partial charge in [0.15, 0.2) is 11.5 Å². The van der Waals surface area contributed by atoms with Crippen LogP contribution in [-0.2, 0) is 11.3 Å². The van der Waals surface area contributed by atoms with Crippen molar-refractivity contribution < 1.29 is 14.3 Å². The van der Waals surface area contributed by atoms with Crippen LogP contribution in [0.4, 0.5) is 0 Å². The number of H-pyrrole nitrogens is 1. The summed E-state index contributed by atoms with van der Waals surface area (Å²) >= 11 is 0. The van der Waals surface area contributed by atoms with Crippen LogP contribution in [0.5, 0.6) is 11.5 Å². The van der Waals surface area contributed by atoms with Crippen molar-refractivity contribution in [3.05, 3.63) is 63.1 Å². The summed E-state index contributed by atoms with van der Waals surface area (Å²) in [5.74, 6) is 1.42.